The first-order valence-corrected chi connectivity index (χ1v) is 21.1. The number of piperazine rings is 1. The summed E-state index contributed by atoms with van der Waals surface area (Å²) in [5, 5.41) is 6.75. The lowest BCUT2D eigenvalue weighted by Crippen LogP contribution is -2.52. The Balaban J connectivity index is 0.855. The molecular formula is C43H49ClFN9O6. The Bertz CT molecular complexity index is 2410. The van der Waals surface area contributed by atoms with E-state index in [4.69, 9.17) is 21.3 Å². The maximum atomic E-state index is 15.4. The molecule has 2 N–H and O–H groups in total. The van der Waals surface area contributed by atoms with Crippen LogP contribution in [0.15, 0.2) is 47.4 Å². The molecule has 0 saturated carbocycles. The molecule has 4 aliphatic rings. The first-order valence-electron chi connectivity index (χ1n) is 20.7. The molecule has 1 atom stereocenters. The molecule has 2 aromatic heterocycles. The molecule has 3 amide bonds. The van der Waals surface area contributed by atoms with Crippen molar-refractivity contribution in [3.05, 3.63) is 74.9 Å². The molecule has 6 heterocycles. The first kappa shape index (κ1) is 41.1. The van der Waals surface area contributed by atoms with E-state index in [0.717, 1.165) is 75.2 Å². The van der Waals surface area contributed by atoms with Gasteiger partial charge >= 0.3 is 0 Å². The molecule has 1 unspecified atom stereocenters. The highest BCUT2D eigenvalue weighted by molar-refractivity contribution is 6.33. The molecule has 17 heteroatoms. The summed E-state index contributed by atoms with van der Waals surface area (Å²) in [6.07, 6.45) is 4.21. The third-order valence-corrected chi connectivity index (χ3v) is 12.3. The van der Waals surface area contributed by atoms with Crippen LogP contribution in [-0.4, -0.2) is 106 Å². The van der Waals surface area contributed by atoms with Crippen LogP contribution in [0.1, 0.15) is 74.8 Å². The fourth-order valence-electron chi connectivity index (χ4n) is 8.70. The molecule has 0 radical (unpaired) electrons. The van der Waals surface area contributed by atoms with E-state index in [9.17, 15) is 24.0 Å². The summed E-state index contributed by atoms with van der Waals surface area (Å²) in [6, 6.07) is 9.70. The standard InChI is InChI=1S/C43H49ClFN9O6/c1-4-31(55)24-60-36-19-27-17-29(5-6-34(27)54(25(2)3)41(36)58)47-39-32(44)21-46-43(49-39)52-15-13-50(14-16-52)22-26-9-11-51(12-10-26)30-18-28-23-53(42(59)38(28)33(45)20-30)35-7-8-37(56)48-40(35)57/h5-6,17-21,25-26,35H,4,7-16,22-24H2,1-3H3,(H,46,47,49)(H,48,56,57). The van der Waals surface area contributed by atoms with Crippen molar-refractivity contribution in [1.29, 1.82) is 0 Å². The number of ketones is 1. The van der Waals surface area contributed by atoms with Gasteiger partial charge in [0.2, 0.25) is 17.8 Å². The van der Waals surface area contributed by atoms with Crippen molar-refractivity contribution in [3.63, 3.8) is 0 Å². The number of rotatable bonds is 12. The van der Waals surface area contributed by atoms with Gasteiger partial charge in [0.1, 0.15) is 23.5 Å². The molecule has 2 aromatic carbocycles. The fourth-order valence-corrected chi connectivity index (χ4v) is 8.84. The third-order valence-electron chi connectivity index (χ3n) is 12.0. The van der Waals surface area contributed by atoms with Crippen LogP contribution in [-0.2, 0) is 20.9 Å². The van der Waals surface area contributed by atoms with Gasteiger partial charge in [-0.3, -0.25) is 34.2 Å². The highest BCUT2D eigenvalue weighted by Crippen LogP contribution is 2.35. The number of anilines is 4. The second-order valence-corrected chi connectivity index (χ2v) is 16.7. The van der Waals surface area contributed by atoms with Gasteiger partial charge in [-0.05, 0) is 81.0 Å². The Morgan fingerprint density at radius 2 is 1.77 bits per heavy atom. The average molecular weight is 842 g/mol. The van der Waals surface area contributed by atoms with Crippen LogP contribution >= 0.6 is 11.6 Å². The number of nitrogens with one attached hydrogen (secondary N) is 2. The predicted molar refractivity (Wildman–Crippen MR) is 226 cm³/mol. The van der Waals surface area contributed by atoms with Crippen molar-refractivity contribution >= 4 is 69.1 Å². The van der Waals surface area contributed by atoms with Gasteiger partial charge in [0.25, 0.3) is 11.5 Å². The molecule has 316 valence electrons. The lowest BCUT2D eigenvalue weighted by molar-refractivity contribution is -0.137. The number of nitrogens with zero attached hydrogens (tertiary/aromatic N) is 7. The summed E-state index contributed by atoms with van der Waals surface area (Å²) in [7, 11) is 0. The number of amides is 3. The number of piperidine rings is 2. The second kappa shape index (κ2) is 17.2. The van der Waals surface area contributed by atoms with Crippen molar-refractivity contribution in [2.45, 2.75) is 71.5 Å². The van der Waals surface area contributed by atoms with Crippen molar-refractivity contribution in [2.75, 3.05) is 67.5 Å². The minimum Gasteiger partial charge on any atom is -0.480 e. The van der Waals surface area contributed by atoms with E-state index in [-0.39, 0.29) is 60.6 Å². The number of benzene rings is 2. The number of halogens is 2. The zero-order chi connectivity index (χ0) is 42.2. The minimum absolute atomic E-state index is 0.0163. The van der Waals surface area contributed by atoms with Crippen LogP contribution in [0.4, 0.5) is 27.5 Å². The number of aromatic nitrogens is 3. The third kappa shape index (κ3) is 8.39. The van der Waals surface area contributed by atoms with Gasteiger partial charge < -0.3 is 29.3 Å². The Morgan fingerprint density at radius 3 is 2.48 bits per heavy atom. The summed E-state index contributed by atoms with van der Waals surface area (Å²) in [5.74, 6) is -0.410. The molecule has 4 aromatic rings. The second-order valence-electron chi connectivity index (χ2n) is 16.3. The highest BCUT2D eigenvalue weighted by Gasteiger charge is 2.41. The maximum absolute atomic E-state index is 15.4. The number of Topliss-reactive ketones (excluding diaryl/α,β-unsaturated/α-hetero) is 1. The molecule has 0 spiro atoms. The number of carbonyl (C=O) groups is 4. The molecule has 3 saturated heterocycles. The predicted octanol–water partition coefficient (Wildman–Crippen LogP) is 5.07. The smallest absolute Gasteiger partial charge is 0.293 e. The molecule has 60 heavy (non-hydrogen) atoms. The van der Waals surface area contributed by atoms with E-state index < -0.39 is 23.7 Å². The summed E-state index contributed by atoms with van der Waals surface area (Å²) in [5.41, 5.74) is 2.49. The SMILES string of the molecule is CCC(=O)COc1cc2cc(Nc3nc(N4CCN(CC5CCN(c6cc(F)c7c(c6)CN(C6CCC(=O)NC6=O)C7=O)CC5)CC4)ncc3Cl)ccc2n(C(C)C)c1=O. The van der Waals surface area contributed by atoms with Crippen molar-refractivity contribution in [2.24, 2.45) is 5.92 Å². The van der Waals surface area contributed by atoms with Gasteiger partial charge in [0, 0.05) is 88.0 Å². The van der Waals surface area contributed by atoms with Crippen LogP contribution in [0.25, 0.3) is 10.9 Å². The number of fused-ring (bicyclic) bond motifs is 2. The molecule has 8 rings (SSSR count). The lowest BCUT2D eigenvalue weighted by Gasteiger charge is -2.39. The van der Waals surface area contributed by atoms with Crippen LogP contribution < -0.4 is 30.7 Å². The van der Waals surface area contributed by atoms with E-state index in [1.165, 1.54) is 11.0 Å². The zero-order valence-corrected chi connectivity index (χ0v) is 34.8. The van der Waals surface area contributed by atoms with Gasteiger partial charge in [-0.25, -0.2) is 9.37 Å². The number of imide groups is 1. The number of hydrogen-bond donors (Lipinski definition) is 2. The molecule has 3 fully saturated rings. The van der Waals surface area contributed by atoms with Gasteiger partial charge in [-0.15, -0.1) is 0 Å². The van der Waals surface area contributed by atoms with Gasteiger partial charge in [-0.2, -0.15) is 4.98 Å². The monoisotopic (exact) mass is 841 g/mol. The quantitative estimate of drug-likeness (QED) is 0.183. The number of hydrogen-bond acceptors (Lipinski definition) is 12. The molecule has 15 nitrogen and oxygen atoms in total. The van der Waals surface area contributed by atoms with Gasteiger partial charge in [0.05, 0.1) is 17.3 Å². The van der Waals surface area contributed by atoms with Crippen molar-refractivity contribution in [3.8, 4) is 5.75 Å². The first-order chi connectivity index (χ1) is 28.9. The topological polar surface area (TPSA) is 162 Å². The minimum atomic E-state index is -0.783. The maximum Gasteiger partial charge on any atom is 0.293 e. The van der Waals surface area contributed by atoms with E-state index >= 15 is 4.39 Å². The zero-order valence-electron chi connectivity index (χ0n) is 34.0. The highest BCUT2D eigenvalue weighted by atomic mass is 35.5. The van der Waals surface area contributed by atoms with E-state index in [2.05, 4.69) is 30.3 Å². The van der Waals surface area contributed by atoms with Gasteiger partial charge in [0.15, 0.2) is 17.4 Å². The van der Waals surface area contributed by atoms with Crippen molar-refractivity contribution < 1.29 is 28.3 Å². The molecule has 0 aliphatic carbocycles. The van der Waals surface area contributed by atoms with Crippen LogP contribution in [0.2, 0.25) is 5.02 Å². The largest absolute Gasteiger partial charge is 0.480 e. The summed E-state index contributed by atoms with van der Waals surface area (Å²) in [4.78, 5) is 80.0. The van der Waals surface area contributed by atoms with Crippen LogP contribution in [0.5, 0.6) is 5.75 Å². The van der Waals surface area contributed by atoms with Crippen LogP contribution in [0, 0.1) is 11.7 Å². The van der Waals surface area contributed by atoms with Gasteiger partial charge in [-0.1, -0.05) is 18.5 Å². The summed E-state index contributed by atoms with van der Waals surface area (Å²) < 4.78 is 22.7. The van der Waals surface area contributed by atoms with E-state index in [1.807, 2.05) is 38.1 Å². The molecule has 4 aliphatic heterocycles. The van der Waals surface area contributed by atoms with E-state index in [0.29, 0.717) is 40.4 Å². The van der Waals surface area contributed by atoms with Crippen molar-refractivity contribution in [1.82, 2.24) is 29.7 Å². The molecular weight excluding hydrogens is 793 g/mol. The Labute approximate surface area is 351 Å². The van der Waals surface area contributed by atoms with E-state index in [1.54, 1.807) is 23.8 Å². The fraction of sp³-hybridized carbons (Fsp3) is 0.465. The number of carbonyl (C=O) groups excluding carboxylic acids is 4. The number of pyridine rings is 1. The molecule has 0 bridgehead atoms. The Kier molecular flexibility index (Phi) is 11.8. The average Bonchev–Trinajstić information content (AvgIpc) is 3.57. The summed E-state index contributed by atoms with van der Waals surface area (Å²) >= 11 is 6.59. The summed E-state index contributed by atoms with van der Waals surface area (Å²) in [6.45, 7) is 11.3. The van der Waals surface area contributed by atoms with Crippen LogP contribution in [0.3, 0.4) is 0 Å². The Morgan fingerprint density at radius 1 is 1.00 bits per heavy atom. The Hall–Kier alpha value is -5.61. The lowest BCUT2D eigenvalue weighted by atomic mass is 9.95. The normalized spacial score (nSPS) is 19.0. The number of ether oxygens (including phenoxy) is 1.